The molecule has 1 fully saturated rings. The second kappa shape index (κ2) is 6.79. The third-order valence-corrected chi connectivity index (χ3v) is 3.99. The number of carboxylic acids is 1. The third kappa shape index (κ3) is 3.28. The molecule has 0 unspecified atom stereocenters. The van der Waals surface area contributed by atoms with Crippen molar-refractivity contribution in [2.24, 2.45) is 0 Å². The fourth-order valence-electron chi connectivity index (χ4n) is 2.72. The lowest BCUT2D eigenvalue weighted by Crippen LogP contribution is -2.48. The number of fused-ring (bicyclic) bond motifs is 1. The Bertz CT molecular complexity index is 832. The van der Waals surface area contributed by atoms with Gasteiger partial charge < -0.3 is 14.7 Å². The average Bonchev–Trinajstić information content (AvgIpc) is 2.61. The van der Waals surface area contributed by atoms with E-state index in [-0.39, 0.29) is 30.9 Å². The van der Waals surface area contributed by atoms with E-state index in [1.54, 1.807) is 28.9 Å². The predicted octanol–water partition coefficient (Wildman–Crippen LogP) is 0.0986. The third-order valence-electron chi connectivity index (χ3n) is 3.99. The monoisotopic (exact) mass is 331 g/mol. The first-order valence-electron chi connectivity index (χ1n) is 7.63. The second-order valence-electron chi connectivity index (χ2n) is 5.54. The van der Waals surface area contributed by atoms with Gasteiger partial charge in [-0.25, -0.2) is 4.79 Å². The van der Waals surface area contributed by atoms with Crippen molar-refractivity contribution < 1.29 is 19.4 Å². The zero-order valence-electron chi connectivity index (χ0n) is 12.9. The predicted molar refractivity (Wildman–Crippen MR) is 84.6 cm³/mol. The van der Waals surface area contributed by atoms with Crippen LogP contribution in [-0.2, 0) is 20.9 Å². The fourth-order valence-corrected chi connectivity index (χ4v) is 2.72. The Morgan fingerprint density at radius 3 is 2.92 bits per heavy atom. The van der Waals surface area contributed by atoms with E-state index >= 15 is 0 Å². The lowest BCUT2D eigenvalue weighted by atomic mass is 10.2. The van der Waals surface area contributed by atoms with Crippen molar-refractivity contribution in [1.82, 2.24) is 14.7 Å². The van der Waals surface area contributed by atoms with Crippen LogP contribution in [0.15, 0.2) is 35.3 Å². The molecule has 1 amide bonds. The van der Waals surface area contributed by atoms with Crippen LogP contribution in [0.3, 0.4) is 0 Å². The van der Waals surface area contributed by atoms with Gasteiger partial charge >= 0.3 is 5.97 Å². The van der Waals surface area contributed by atoms with Crippen LogP contribution in [0.25, 0.3) is 10.9 Å². The lowest BCUT2D eigenvalue weighted by Gasteiger charge is -2.31. The number of carboxylic acid groups (broad SMARTS) is 1. The highest BCUT2D eigenvalue weighted by Gasteiger charge is 2.28. The van der Waals surface area contributed by atoms with Crippen LogP contribution >= 0.6 is 0 Å². The number of aliphatic carboxylic acids is 1. The number of rotatable bonds is 4. The first-order valence-corrected chi connectivity index (χ1v) is 7.63. The Morgan fingerprint density at radius 1 is 1.33 bits per heavy atom. The van der Waals surface area contributed by atoms with Gasteiger partial charge in [0, 0.05) is 18.4 Å². The van der Waals surface area contributed by atoms with E-state index in [2.05, 4.69) is 5.10 Å². The van der Waals surface area contributed by atoms with Crippen LogP contribution in [0.1, 0.15) is 6.42 Å². The Kier molecular flexibility index (Phi) is 4.57. The number of amides is 1. The minimum atomic E-state index is -1.07. The maximum Gasteiger partial charge on any atom is 0.334 e. The number of para-hydroxylation sites is 1. The van der Waals surface area contributed by atoms with E-state index in [0.29, 0.717) is 24.0 Å². The summed E-state index contributed by atoms with van der Waals surface area (Å²) in [6.45, 7) is 0.949. The maximum atomic E-state index is 12.3. The summed E-state index contributed by atoms with van der Waals surface area (Å²) in [6, 6.07) is 7.08. The molecule has 0 saturated carbocycles. The van der Waals surface area contributed by atoms with E-state index in [1.807, 2.05) is 0 Å². The first-order chi connectivity index (χ1) is 11.6. The molecule has 8 nitrogen and oxygen atoms in total. The van der Waals surface area contributed by atoms with Gasteiger partial charge in [0.05, 0.1) is 31.4 Å². The number of carbonyl (C=O) groups excluding carboxylic acids is 1. The summed E-state index contributed by atoms with van der Waals surface area (Å²) in [7, 11) is 0. The van der Waals surface area contributed by atoms with Gasteiger partial charge in [-0.05, 0) is 12.1 Å². The molecular formula is C16H17N3O5. The van der Waals surface area contributed by atoms with Gasteiger partial charge in [0.25, 0.3) is 0 Å². The number of aryl methyl sites for hydroxylation is 1. The smallest absolute Gasteiger partial charge is 0.334 e. The molecule has 0 spiro atoms. The molecule has 0 bridgehead atoms. The SMILES string of the molecule is O=C(O)[C@@H]1CN(C(=O)CCn2ncc(=O)c3ccccc32)CCO1. The average molecular weight is 331 g/mol. The Morgan fingerprint density at radius 2 is 2.12 bits per heavy atom. The van der Waals surface area contributed by atoms with Crippen LogP contribution in [0.5, 0.6) is 0 Å². The van der Waals surface area contributed by atoms with Crippen LogP contribution in [0, 0.1) is 0 Å². The topological polar surface area (TPSA) is 102 Å². The molecule has 0 radical (unpaired) electrons. The molecule has 1 aromatic heterocycles. The van der Waals surface area contributed by atoms with Crippen LogP contribution in [0.4, 0.5) is 0 Å². The number of morpholine rings is 1. The van der Waals surface area contributed by atoms with Crippen LogP contribution < -0.4 is 5.43 Å². The number of benzene rings is 1. The second-order valence-corrected chi connectivity index (χ2v) is 5.54. The lowest BCUT2D eigenvalue weighted by molar-refractivity contribution is -0.159. The Labute approximate surface area is 137 Å². The van der Waals surface area contributed by atoms with E-state index in [0.717, 1.165) is 0 Å². The summed E-state index contributed by atoms with van der Waals surface area (Å²) in [5.41, 5.74) is 0.508. The van der Waals surface area contributed by atoms with E-state index in [4.69, 9.17) is 9.84 Å². The van der Waals surface area contributed by atoms with Gasteiger partial charge in [0.15, 0.2) is 6.10 Å². The zero-order chi connectivity index (χ0) is 17.1. The van der Waals surface area contributed by atoms with Gasteiger partial charge in [-0.3, -0.25) is 14.3 Å². The highest BCUT2D eigenvalue weighted by molar-refractivity contribution is 5.80. The van der Waals surface area contributed by atoms with Crippen molar-refractivity contribution in [2.75, 3.05) is 19.7 Å². The van der Waals surface area contributed by atoms with Crippen molar-refractivity contribution in [3.05, 3.63) is 40.7 Å². The molecular weight excluding hydrogens is 314 g/mol. The maximum absolute atomic E-state index is 12.3. The quantitative estimate of drug-likeness (QED) is 0.852. The number of hydrogen-bond donors (Lipinski definition) is 1. The molecule has 1 aliphatic heterocycles. The molecule has 1 aliphatic rings. The van der Waals surface area contributed by atoms with Crippen molar-refractivity contribution in [2.45, 2.75) is 19.1 Å². The van der Waals surface area contributed by atoms with Gasteiger partial charge in [-0.15, -0.1) is 0 Å². The summed E-state index contributed by atoms with van der Waals surface area (Å²) >= 11 is 0. The van der Waals surface area contributed by atoms with Crippen molar-refractivity contribution in [3.8, 4) is 0 Å². The zero-order valence-corrected chi connectivity index (χ0v) is 12.9. The highest BCUT2D eigenvalue weighted by atomic mass is 16.5. The minimum Gasteiger partial charge on any atom is -0.479 e. The summed E-state index contributed by atoms with van der Waals surface area (Å²) in [6.07, 6.45) is 0.433. The molecule has 1 aromatic carbocycles. The molecule has 1 N–H and O–H groups in total. The number of aromatic nitrogens is 2. The summed E-state index contributed by atoms with van der Waals surface area (Å²) in [5, 5.41) is 13.6. The minimum absolute atomic E-state index is 0.0481. The van der Waals surface area contributed by atoms with Gasteiger partial charge in [-0.1, -0.05) is 12.1 Å². The highest BCUT2D eigenvalue weighted by Crippen LogP contribution is 2.11. The first kappa shape index (κ1) is 16.1. The van der Waals surface area contributed by atoms with E-state index in [1.165, 1.54) is 11.1 Å². The molecule has 2 heterocycles. The molecule has 0 aliphatic carbocycles. The van der Waals surface area contributed by atoms with Crippen molar-refractivity contribution >= 4 is 22.8 Å². The molecule has 1 saturated heterocycles. The molecule has 3 rings (SSSR count). The number of hydrogen-bond acceptors (Lipinski definition) is 5. The number of ether oxygens (including phenoxy) is 1. The molecule has 2 aromatic rings. The van der Waals surface area contributed by atoms with Gasteiger partial charge in [-0.2, -0.15) is 5.10 Å². The molecule has 126 valence electrons. The van der Waals surface area contributed by atoms with E-state index < -0.39 is 12.1 Å². The van der Waals surface area contributed by atoms with Crippen molar-refractivity contribution in [3.63, 3.8) is 0 Å². The molecule has 8 heteroatoms. The largest absolute Gasteiger partial charge is 0.479 e. The van der Waals surface area contributed by atoms with Crippen molar-refractivity contribution in [1.29, 1.82) is 0 Å². The standard InChI is InChI=1S/C16H17N3O5/c20-13-9-17-19(12-4-2-1-3-11(12)13)6-5-15(21)18-7-8-24-14(10-18)16(22)23/h1-4,9,14H,5-8,10H2,(H,22,23)/t14-/m0/s1. The summed E-state index contributed by atoms with van der Waals surface area (Å²) in [5.74, 6) is -1.23. The normalized spacial score (nSPS) is 17.8. The number of nitrogens with zero attached hydrogens (tertiary/aromatic N) is 3. The van der Waals surface area contributed by atoms with Crippen LogP contribution in [0.2, 0.25) is 0 Å². The van der Waals surface area contributed by atoms with Gasteiger partial charge in [0.1, 0.15) is 0 Å². The Hall–Kier alpha value is -2.74. The summed E-state index contributed by atoms with van der Waals surface area (Å²) < 4.78 is 6.72. The van der Waals surface area contributed by atoms with Gasteiger partial charge in [0.2, 0.25) is 11.3 Å². The van der Waals surface area contributed by atoms with E-state index in [9.17, 15) is 14.4 Å². The van der Waals surface area contributed by atoms with Crippen LogP contribution in [-0.4, -0.2) is 57.5 Å². The summed E-state index contributed by atoms with van der Waals surface area (Å²) in [4.78, 5) is 36.6. The molecule has 1 atom stereocenters. The molecule has 24 heavy (non-hydrogen) atoms. The number of carbonyl (C=O) groups is 2. The fraction of sp³-hybridized carbons (Fsp3) is 0.375. The Balaban J connectivity index is 1.70.